The summed E-state index contributed by atoms with van der Waals surface area (Å²) < 4.78 is 15.0. The van der Waals surface area contributed by atoms with Crippen molar-refractivity contribution >= 4 is 18.0 Å². The van der Waals surface area contributed by atoms with Gasteiger partial charge in [0.2, 0.25) is 0 Å². The topological polar surface area (TPSA) is 94.8 Å². The largest absolute Gasteiger partial charge is 0.461 e. The van der Waals surface area contributed by atoms with Gasteiger partial charge in [0.1, 0.15) is 11.5 Å². The van der Waals surface area contributed by atoms with E-state index in [2.05, 4.69) is 4.74 Å². The first kappa shape index (κ1) is 18.3. The van der Waals surface area contributed by atoms with Crippen LogP contribution in [0.4, 0.5) is 4.79 Å². The average Bonchev–Trinajstić information content (AvgIpc) is 3.08. The molecule has 0 saturated heterocycles. The number of alkyl carbamates (subject to hydrolysis) is 1. The molecule has 0 fully saturated rings. The molecule has 1 N–H and O–H groups in total. The van der Waals surface area contributed by atoms with E-state index in [0.717, 1.165) is 11.3 Å². The zero-order valence-electron chi connectivity index (χ0n) is 13.8. The molecule has 0 aliphatic carbocycles. The summed E-state index contributed by atoms with van der Waals surface area (Å²) in [4.78, 5) is 34.0. The van der Waals surface area contributed by atoms with Crippen molar-refractivity contribution in [2.45, 2.75) is 19.8 Å². The molecule has 0 bridgehead atoms. The van der Waals surface area contributed by atoms with Crippen LogP contribution in [0.15, 0.2) is 46.9 Å². The maximum absolute atomic E-state index is 11.6. The van der Waals surface area contributed by atoms with Crippen LogP contribution in [0.2, 0.25) is 0 Å². The summed E-state index contributed by atoms with van der Waals surface area (Å²) >= 11 is 0. The van der Waals surface area contributed by atoms with E-state index >= 15 is 0 Å². The lowest BCUT2D eigenvalue weighted by molar-refractivity contribution is -0.148. The number of rotatable bonds is 7. The Kier molecular flexibility index (Phi) is 6.76. The van der Waals surface area contributed by atoms with Crippen molar-refractivity contribution in [3.63, 3.8) is 0 Å². The number of carbonyl (C=O) groups is 3. The minimum Gasteiger partial charge on any atom is -0.461 e. The van der Waals surface area contributed by atoms with Crippen LogP contribution in [0.1, 0.15) is 19.1 Å². The third kappa shape index (κ3) is 6.14. The van der Waals surface area contributed by atoms with Crippen LogP contribution < -0.4 is 5.32 Å². The first-order valence-corrected chi connectivity index (χ1v) is 7.85. The number of hydrogen-bond acceptors (Lipinski definition) is 6. The fourth-order valence-electron chi connectivity index (χ4n) is 2.03. The third-order valence-corrected chi connectivity index (χ3v) is 3.18. The highest BCUT2D eigenvalue weighted by Crippen LogP contribution is 2.22. The van der Waals surface area contributed by atoms with Crippen LogP contribution >= 0.6 is 0 Å². The molecule has 0 aliphatic rings. The van der Waals surface area contributed by atoms with Crippen molar-refractivity contribution < 1.29 is 28.3 Å². The van der Waals surface area contributed by atoms with Gasteiger partial charge in [-0.2, -0.15) is 0 Å². The Bertz CT molecular complexity index is 722. The van der Waals surface area contributed by atoms with Crippen molar-refractivity contribution in [1.82, 2.24) is 5.32 Å². The van der Waals surface area contributed by atoms with Crippen molar-refractivity contribution in [2.24, 2.45) is 0 Å². The van der Waals surface area contributed by atoms with Crippen LogP contribution in [0, 0.1) is 0 Å². The Morgan fingerprint density at radius 1 is 1.04 bits per heavy atom. The Hall–Kier alpha value is -3.09. The van der Waals surface area contributed by atoms with Gasteiger partial charge in [-0.15, -0.1) is 0 Å². The fraction of sp³-hybridized carbons (Fsp3) is 0.278. The summed E-state index contributed by atoms with van der Waals surface area (Å²) in [6.07, 6.45) is -0.452. The van der Waals surface area contributed by atoms with E-state index in [0.29, 0.717) is 12.2 Å². The molecule has 7 nitrogen and oxygen atoms in total. The van der Waals surface area contributed by atoms with Crippen LogP contribution in [0.5, 0.6) is 0 Å². The highest BCUT2D eigenvalue weighted by molar-refractivity contribution is 5.93. The summed E-state index contributed by atoms with van der Waals surface area (Å²) in [5.74, 6) is 0.0670. The van der Waals surface area contributed by atoms with E-state index in [1.54, 1.807) is 13.0 Å². The number of ether oxygens (including phenoxy) is 2. The molecule has 2 amide bonds. The maximum Gasteiger partial charge on any atom is 0.413 e. The zero-order chi connectivity index (χ0) is 18.1. The molecule has 2 rings (SSSR count). The van der Waals surface area contributed by atoms with E-state index in [1.807, 2.05) is 41.7 Å². The predicted molar refractivity (Wildman–Crippen MR) is 88.6 cm³/mol. The van der Waals surface area contributed by atoms with Crippen molar-refractivity contribution in [1.29, 1.82) is 0 Å². The molecule has 25 heavy (non-hydrogen) atoms. The monoisotopic (exact) mass is 345 g/mol. The molecule has 0 saturated carbocycles. The van der Waals surface area contributed by atoms with E-state index in [-0.39, 0.29) is 13.0 Å². The van der Waals surface area contributed by atoms with E-state index in [1.165, 1.54) is 0 Å². The molecule has 0 spiro atoms. The highest BCUT2D eigenvalue weighted by Gasteiger charge is 2.12. The van der Waals surface area contributed by atoms with Gasteiger partial charge >= 0.3 is 12.1 Å². The van der Waals surface area contributed by atoms with Gasteiger partial charge in [-0.25, -0.2) is 4.79 Å². The molecule has 132 valence electrons. The minimum atomic E-state index is -0.868. The molecule has 0 radical (unpaired) electrons. The van der Waals surface area contributed by atoms with E-state index in [9.17, 15) is 14.4 Å². The normalized spacial score (nSPS) is 10.1. The first-order chi connectivity index (χ1) is 12.1. The predicted octanol–water partition coefficient (Wildman–Crippen LogP) is 2.70. The Labute approximate surface area is 144 Å². The molecule has 1 heterocycles. The quantitative estimate of drug-likeness (QED) is 0.775. The Morgan fingerprint density at radius 2 is 1.80 bits per heavy atom. The van der Waals surface area contributed by atoms with Gasteiger partial charge in [-0.05, 0) is 19.1 Å². The van der Waals surface area contributed by atoms with E-state index in [4.69, 9.17) is 9.15 Å². The number of amides is 2. The number of imide groups is 1. The molecular weight excluding hydrogens is 326 g/mol. The van der Waals surface area contributed by atoms with Crippen molar-refractivity contribution in [3.05, 3.63) is 48.2 Å². The highest BCUT2D eigenvalue weighted by atomic mass is 16.6. The minimum absolute atomic E-state index is 0.0639. The van der Waals surface area contributed by atoms with Crippen LogP contribution in [-0.2, 0) is 25.5 Å². The van der Waals surface area contributed by atoms with Crippen LogP contribution in [0.3, 0.4) is 0 Å². The Morgan fingerprint density at radius 3 is 2.52 bits per heavy atom. The summed E-state index contributed by atoms with van der Waals surface area (Å²) in [6, 6.07) is 13.2. The standard InChI is InChI=1S/C18H19NO6/c1-2-23-18(22)19-16(20)12-24-17(21)11-9-14-8-10-15(25-14)13-6-4-3-5-7-13/h3-8,10H,2,9,11-12H2,1H3,(H,19,20,22). The van der Waals surface area contributed by atoms with Crippen LogP contribution in [0.25, 0.3) is 11.3 Å². The summed E-state index contributed by atoms with van der Waals surface area (Å²) in [6.45, 7) is 1.22. The lowest BCUT2D eigenvalue weighted by Gasteiger charge is -2.05. The van der Waals surface area contributed by atoms with Gasteiger partial charge in [0, 0.05) is 12.0 Å². The molecular formula is C18H19NO6. The summed E-state index contributed by atoms with van der Waals surface area (Å²) in [5.41, 5.74) is 0.951. The smallest absolute Gasteiger partial charge is 0.413 e. The van der Waals surface area contributed by atoms with Crippen molar-refractivity contribution in [2.75, 3.05) is 13.2 Å². The second-order valence-corrected chi connectivity index (χ2v) is 5.06. The molecule has 2 aromatic rings. The molecule has 1 aromatic carbocycles. The lowest BCUT2D eigenvalue weighted by Crippen LogP contribution is -2.34. The van der Waals surface area contributed by atoms with Crippen LogP contribution in [-0.4, -0.2) is 31.2 Å². The van der Waals surface area contributed by atoms with Gasteiger partial charge in [0.25, 0.3) is 5.91 Å². The Balaban J connectivity index is 1.73. The lowest BCUT2D eigenvalue weighted by atomic mass is 10.2. The van der Waals surface area contributed by atoms with Gasteiger partial charge < -0.3 is 13.9 Å². The number of esters is 1. The molecule has 1 aromatic heterocycles. The van der Waals surface area contributed by atoms with E-state index < -0.39 is 24.6 Å². The van der Waals surface area contributed by atoms with Gasteiger partial charge in [-0.3, -0.25) is 14.9 Å². The van der Waals surface area contributed by atoms with Gasteiger partial charge in [-0.1, -0.05) is 30.3 Å². The second-order valence-electron chi connectivity index (χ2n) is 5.06. The first-order valence-electron chi connectivity index (χ1n) is 7.85. The maximum atomic E-state index is 11.6. The SMILES string of the molecule is CCOC(=O)NC(=O)COC(=O)CCc1ccc(-c2ccccc2)o1. The second kappa shape index (κ2) is 9.27. The molecule has 0 unspecified atom stereocenters. The fourth-order valence-corrected chi connectivity index (χ4v) is 2.03. The van der Waals surface area contributed by atoms with Gasteiger partial charge in [0.05, 0.1) is 13.0 Å². The number of carbonyl (C=O) groups excluding carboxylic acids is 3. The number of furan rings is 1. The number of benzene rings is 1. The average molecular weight is 345 g/mol. The number of nitrogens with one attached hydrogen (secondary N) is 1. The number of hydrogen-bond donors (Lipinski definition) is 1. The number of aryl methyl sites for hydroxylation is 1. The summed E-state index contributed by atoms with van der Waals surface area (Å²) in [5, 5.41) is 1.94. The third-order valence-electron chi connectivity index (χ3n) is 3.18. The zero-order valence-corrected chi connectivity index (χ0v) is 13.8. The molecule has 0 aliphatic heterocycles. The summed E-state index contributed by atoms with van der Waals surface area (Å²) in [7, 11) is 0. The molecule has 0 atom stereocenters. The molecule has 7 heteroatoms. The van der Waals surface area contributed by atoms with Crippen molar-refractivity contribution in [3.8, 4) is 11.3 Å². The van der Waals surface area contributed by atoms with Gasteiger partial charge in [0.15, 0.2) is 6.61 Å².